The Kier molecular flexibility index (Phi) is 3.84. The van der Waals surface area contributed by atoms with Gasteiger partial charge in [0.25, 0.3) is 0 Å². The lowest BCUT2D eigenvalue weighted by atomic mass is 9.88. The van der Waals surface area contributed by atoms with Crippen molar-refractivity contribution in [2.24, 2.45) is 0 Å². The average Bonchev–Trinajstić information content (AvgIpc) is 2.79. The van der Waals surface area contributed by atoms with E-state index in [4.69, 9.17) is 4.74 Å². The molecule has 0 spiro atoms. The van der Waals surface area contributed by atoms with Crippen molar-refractivity contribution in [1.82, 2.24) is 5.32 Å². The van der Waals surface area contributed by atoms with Crippen molar-refractivity contribution in [3.63, 3.8) is 0 Å². The van der Waals surface area contributed by atoms with Crippen LogP contribution < -0.4 is 5.32 Å². The van der Waals surface area contributed by atoms with E-state index in [0.717, 1.165) is 31.2 Å². The summed E-state index contributed by atoms with van der Waals surface area (Å²) < 4.78 is 17.9. The molecule has 1 N–H and O–H groups in total. The number of carbonyl (C=O) groups is 1. The number of ether oxygens (including phenoxy) is 1. The number of nitrogens with one attached hydrogen (secondary N) is 1. The third-order valence-electron chi connectivity index (χ3n) is 3.47. The van der Waals surface area contributed by atoms with Crippen LogP contribution in [0, 0.1) is 5.82 Å². The molecule has 1 aliphatic rings. The van der Waals surface area contributed by atoms with E-state index in [1.54, 1.807) is 19.1 Å². The highest BCUT2D eigenvalue weighted by atomic mass is 19.1. The van der Waals surface area contributed by atoms with Crippen LogP contribution in [-0.2, 0) is 10.3 Å². The van der Waals surface area contributed by atoms with Crippen LogP contribution in [0.4, 0.5) is 9.18 Å². The minimum atomic E-state index is -0.399. The molecule has 0 atom stereocenters. The van der Waals surface area contributed by atoms with E-state index < -0.39 is 6.09 Å². The first-order valence-corrected chi connectivity index (χ1v) is 6.37. The molecule has 0 heterocycles. The summed E-state index contributed by atoms with van der Waals surface area (Å²) in [6.45, 7) is 2.13. The Hall–Kier alpha value is -1.58. The van der Waals surface area contributed by atoms with Crippen LogP contribution in [0.5, 0.6) is 0 Å². The number of alkyl carbamates (subject to hydrolysis) is 1. The van der Waals surface area contributed by atoms with Crippen molar-refractivity contribution in [2.45, 2.75) is 38.1 Å². The predicted octanol–water partition coefficient (Wildman–Crippen LogP) is 3.34. The van der Waals surface area contributed by atoms with Gasteiger partial charge in [0.1, 0.15) is 5.82 Å². The summed E-state index contributed by atoms with van der Waals surface area (Å²) in [6, 6.07) is 6.35. The minimum absolute atomic E-state index is 0.261. The van der Waals surface area contributed by atoms with E-state index in [2.05, 4.69) is 5.32 Å². The highest BCUT2D eigenvalue weighted by Crippen LogP contribution is 2.38. The molecule has 4 heteroatoms. The second kappa shape index (κ2) is 5.38. The van der Waals surface area contributed by atoms with Crippen LogP contribution in [0.15, 0.2) is 24.3 Å². The molecule has 0 aromatic heterocycles. The molecule has 0 unspecified atom stereocenters. The van der Waals surface area contributed by atoms with Crippen molar-refractivity contribution in [3.05, 3.63) is 35.6 Å². The highest BCUT2D eigenvalue weighted by Gasteiger charge is 2.37. The molecule has 0 bridgehead atoms. The number of amides is 1. The summed E-state index contributed by atoms with van der Waals surface area (Å²) in [5.41, 5.74) is 0.564. The van der Waals surface area contributed by atoms with E-state index in [0.29, 0.717) is 6.61 Å². The summed E-state index contributed by atoms with van der Waals surface area (Å²) >= 11 is 0. The fourth-order valence-electron chi connectivity index (χ4n) is 2.60. The third kappa shape index (κ3) is 2.63. The number of hydrogen-bond acceptors (Lipinski definition) is 2. The summed E-state index contributed by atoms with van der Waals surface area (Å²) in [5, 5.41) is 2.95. The van der Waals surface area contributed by atoms with Crippen molar-refractivity contribution in [1.29, 1.82) is 0 Å². The van der Waals surface area contributed by atoms with Gasteiger partial charge < -0.3 is 10.1 Å². The van der Waals surface area contributed by atoms with Gasteiger partial charge in [-0.3, -0.25) is 0 Å². The maximum Gasteiger partial charge on any atom is 0.407 e. The molecule has 0 radical (unpaired) electrons. The Morgan fingerprint density at radius 3 is 2.50 bits per heavy atom. The number of rotatable bonds is 3. The Labute approximate surface area is 106 Å². The lowest BCUT2D eigenvalue weighted by Crippen LogP contribution is -2.44. The van der Waals surface area contributed by atoms with E-state index in [9.17, 15) is 9.18 Å². The van der Waals surface area contributed by atoms with Gasteiger partial charge in [0.2, 0.25) is 0 Å². The third-order valence-corrected chi connectivity index (χ3v) is 3.47. The molecule has 1 amide bonds. The minimum Gasteiger partial charge on any atom is -0.450 e. The second-order valence-electron chi connectivity index (χ2n) is 4.64. The van der Waals surface area contributed by atoms with Gasteiger partial charge in [0.15, 0.2) is 0 Å². The molecule has 0 aliphatic heterocycles. The number of benzene rings is 1. The molecular formula is C14H18FNO2. The van der Waals surface area contributed by atoms with Crippen LogP contribution in [0.2, 0.25) is 0 Å². The number of carbonyl (C=O) groups excluding carboxylic acids is 1. The topological polar surface area (TPSA) is 38.3 Å². The Balaban J connectivity index is 2.21. The number of hydrogen-bond donors (Lipinski definition) is 1. The van der Waals surface area contributed by atoms with Crippen LogP contribution in [0.3, 0.4) is 0 Å². The Bertz CT molecular complexity index is 410. The van der Waals surface area contributed by atoms with E-state index in [1.165, 1.54) is 12.1 Å². The molecule has 2 rings (SSSR count). The molecular weight excluding hydrogens is 233 g/mol. The molecule has 1 aromatic carbocycles. The predicted molar refractivity (Wildman–Crippen MR) is 66.7 cm³/mol. The first-order chi connectivity index (χ1) is 8.66. The number of halogens is 1. The van der Waals surface area contributed by atoms with Gasteiger partial charge in [0.05, 0.1) is 12.1 Å². The zero-order valence-corrected chi connectivity index (χ0v) is 10.5. The van der Waals surface area contributed by atoms with Gasteiger partial charge in [-0.05, 0) is 37.5 Å². The van der Waals surface area contributed by atoms with Gasteiger partial charge in [-0.2, -0.15) is 0 Å². The molecule has 1 aliphatic carbocycles. The van der Waals surface area contributed by atoms with Gasteiger partial charge in [-0.15, -0.1) is 0 Å². The fraction of sp³-hybridized carbons (Fsp3) is 0.500. The molecule has 0 saturated heterocycles. The van der Waals surface area contributed by atoms with Crippen LogP contribution in [0.1, 0.15) is 38.2 Å². The van der Waals surface area contributed by atoms with E-state index in [1.807, 2.05) is 0 Å². The summed E-state index contributed by atoms with van der Waals surface area (Å²) in [6.07, 6.45) is 3.46. The van der Waals surface area contributed by atoms with Crippen molar-refractivity contribution in [2.75, 3.05) is 6.61 Å². The largest absolute Gasteiger partial charge is 0.450 e. The molecule has 98 valence electrons. The van der Waals surface area contributed by atoms with Gasteiger partial charge in [-0.1, -0.05) is 25.0 Å². The smallest absolute Gasteiger partial charge is 0.407 e. The van der Waals surface area contributed by atoms with Crippen LogP contribution >= 0.6 is 0 Å². The SMILES string of the molecule is CCOC(=O)NC1(c2ccc(F)cc2)CCCC1. The quantitative estimate of drug-likeness (QED) is 0.894. The molecule has 3 nitrogen and oxygen atoms in total. The first-order valence-electron chi connectivity index (χ1n) is 6.37. The highest BCUT2D eigenvalue weighted by molar-refractivity contribution is 5.68. The maximum atomic E-state index is 13.0. The lowest BCUT2D eigenvalue weighted by Gasteiger charge is -2.30. The van der Waals surface area contributed by atoms with Gasteiger partial charge >= 0.3 is 6.09 Å². The molecule has 1 fully saturated rings. The molecule has 1 saturated carbocycles. The lowest BCUT2D eigenvalue weighted by molar-refractivity contribution is 0.137. The van der Waals surface area contributed by atoms with Crippen molar-refractivity contribution < 1.29 is 13.9 Å². The molecule has 18 heavy (non-hydrogen) atoms. The average molecular weight is 251 g/mol. The van der Waals surface area contributed by atoms with Gasteiger partial charge in [-0.25, -0.2) is 9.18 Å². The van der Waals surface area contributed by atoms with Crippen molar-refractivity contribution >= 4 is 6.09 Å². The van der Waals surface area contributed by atoms with Crippen LogP contribution in [0.25, 0.3) is 0 Å². The zero-order valence-electron chi connectivity index (χ0n) is 10.5. The van der Waals surface area contributed by atoms with Crippen LogP contribution in [-0.4, -0.2) is 12.7 Å². The zero-order chi connectivity index (χ0) is 13.0. The maximum absolute atomic E-state index is 13.0. The first kappa shape index (κ1) is 12.9. The summed E-state index contributed by atoms with van der Waals surface area (Å²) in [5.74, 6) is -0.261. The monoisotopic (exact) mass is 251 g/mol. The standard InChI is InChI=1S/C14H18FNO2/c1-2-18-13(17)16-14(9-3-4-10-14)11-5-7-12(15)8-6-11/h5-8H,2-4,9-10H2,1H3,(H,16,17). The summed E-state index contributed by atoms with van der Waals surface area (Å²) in [7, 11) is 0. The second-order valence-corrected chi connectivity index (χ2v) is 4.64. The Morgan fingerprint density at radius 1 is 1.33 bits per heavy atom. The van der Waals surface area contributed by atoms with E-state index in [-0.39, 0.29) is 11.4 Å². The van der Waals surface area contributed by atoms with Gasteiger partial charge in [0, 0.05) is 0 Å². The normalized spacial score (nSPS) is 17.4. The Morgan fingerprint density at radius 2 is 1.94 bits per heavy atom. The molecule has 1 aromatic rings. The summed E-state index contributed by atoms with van der Waals surface area (Å²) in [4.78, 5) is 11.6. The van der Waals surface area contributed by atoms with E-state index >= 15 is 0 Å². The fourth-order valence-corrected chi connectivity index (χ4v) is 2.60. The van der Waals surface area contributed by atoms with Crippen molar-refractivity contribution in [3.8, 4) is 0 Å².